The van der Waals surface area contributed by atoms with Gasteiger partial charge < -0.3 is 0 Å². The van der Waals surface area contributed by atoms with Crippen LogP contribution in [0.5, 0.6) is 0 Å². The lowest BCUT2D eigenvalue weighted by molar-refractivity contribution is -0.125. The quantitative estimate of drug-likeness (QED) is 0.855. The van der Waals surface area contributed by atoms with Crippen LogP contribution in [0.4, 0.5) is 4.39 Å². The van der Waals surface area contributed by atoms with E-state index in [1.807, 2.05) is 13.8 Å². The number of hydrogen-bond acceptors (Lipinski definition) is 3. The predicted molar refractivity (Wildman–Crippen MR) is 86.0 cm³/mol. The maximum absolute atomic E-state index is 13.4. The first-order chi connectivity index (χ1) is 10.1. The minimum Gasteiger partial charge on any atom is -0.274 e. The Bertz CT molecular complexity index is 688. The van der Waals surface area contributed by atoms with Crippen molar-refractivity contribution in [1.82, 2.24) is 4.72 Å². The number of rotatable bonds is 4. The van der Waals surface area contributed by atoms with Crippen LogP contribution in [0.2, 0.25) is 0 Å². The van der Waals surface area contributed by atoms with Crippen molar-refractivity contribution in [2.24, 2.45) is 11.3 Å². The summed E-state index contributed by atoms with van der Waals surface area (Å²) in [6.07, 6.45) is 2.52. The van der Waals surface area contributed by atoms with Crippen LogP contribution in [0.3, 0.4) is 0 Å². The molecule has 1 N–H and O–H groups in total. The molecule has 0 saturated heterocycles. The van der Waals surface area contributed by atoms with Gasteiger partial charge in [0.2, 0.25) is 15.9 Å². The van der Waals surface area contributed by atoms with Gasteiger partial charge in [-0.2, -0.15) is 0 Å². The zero-order valence-electron chi connectivity index (χ0n) is 12.5. The molecule has 1 atom stereocenters. The fourth-order valence-electron chi connectivity index (χ4n) is 2.92. The Morgan fingerprint density at radius 1 is 1.45 bits per heavy atom. The third-order valence-corrected chi connectivity index (χ3v) is 6.04. The fourth-order valence-corrected chi connectivity index (χ4v) is 4.31. The smallest absolute Gasteiger partial charge is 0.239 e. The first-order valence-electron chi connectivity index (χ1n) is 7.09. The molecule has 122 valence electrons. The Morgan fingerprint density at radius 2 is 2.14 bits per heavy atom. The molecule has 1 amide bonds. The maximum atomic E-state index is 13.4. The van der Waals surface area contributed by atoms with Crippen LogP contribution in [0.25, 0.3) is 0 Å². The van der Waals surface area contributed by atoms with E-state index in [0.29, 0.717) is 12.0 Å². The Hall–Kier alpha value is -0.950. The molecule has 0 heterocycles. The third kappa shape index (κ3) is 4.07. The zero-order chi connectivity index (χ0) is 16.5. The molecular weight excluding hydrogens is 373 g/mol. The maximum Gasteiger partial charge on any atom is 0.239 e. The van der Waals surface area contributed by atoms with Crippen molar-refractivity contribution in [2.45, 2.75) is 38.9 Å². The van der Waals surface area contributed by atoms with Crippen molar-refractivity contribution >= 4 is 31.9 Å². The van der Waals surface area contributed by atoms with E-state index in [0.717, 1.165) is 18.9 Å². The molecule has 7 heteroatoms. The summed E-state index contributed by atoms with van der Waals surface area (Å²) in [5.41, 5.74) is 0.107. The summed E-state index contributed by atoms with van der Waals surface area (Å²) in [6, 6.07) is 4.10. The Morgan fingerprint density at radius 3 is 2.68 bits per heavy atom. The lowest BCUT2D eigenvalue weighted by Crippen LogP contribution is -2.40. The largest absolute Gasteiger partial charge is 0.274 e. The highest BCUT2D eigenvalue weighted by Crippen LogP contribution is 2.42. The summed E-state index contributed by atoms with van der Waals surface area (Å²) < 4.78 is 40.1. The topological polar surface area (TPSA) is 63.2 Å². The van der Waals surface area contributed by atoms with Crippen molar-refractivity contribution in [1.29, 1.82) is 0 Å². The van der Waals surface area contributed by atoms with Gasteiger partial charge in [0.25, 0.3) is 0 Å². The number of amides is 1. The summed E-state index contributed by atoms with van der Waals surface area (Å²) in [5.74, 6) is -1.71. The van der Waals surface area contributed by atoms with Crippen LogP contribution in [0.15, 0.2) is 22.7 Å². The summed E-state index contributed by atoms with van der Waals surface area (Å²) in [7, 11) is -3.83. The van der Waals surface area contributed by atoms with E-state index in [1.54, 1.807) is 0 Å². The molecule has 22 heavy (non-hydrogen) atoms. The Kier molecular flexibility index (Phi) is 4.96. The second kappa shape index (κ2) is 6.28. The number of sulfonamides is 1. The molecule has 1 aromatic carbocycles. The number of nitrogens with one attached hydrogen (secondary N) is 1. The molecule has 1 saturated carbocycles. The molecular formula is C15H19BrFNO3S. The molecule has 0 aliphatic heterocycles. The molecule has 0 radical (unpaired) electrons. The van der Waals surface area contributed by atoms with Crippen molar-refractivity contribution in [3.63, 3.8) is 0 Å². The molecule has 1 aliphatic carbocycles. The summed E-state index contributed by atoms with van der Waals surface area (Å²) in [4.78, 5) is 12.2. The van der Waals surface area contributed by atoms with Crippen LogP contribution in [-0.2, 0) is 20.6 Å². The van der Waals surface area contributed by atoms with Crippen molar-refractivity contribution < 1.29 is 17.6 Å². The number of carbonyl (C=O) groups is 1. The molecule has 0 aromatic heterocycles. The molecule has 1 aromatic rings. The van der Waals surface area contributed by atoms with E-state index in [-0.39, 0.29) is 15.8 Å². The average Bonchev–Trinajstić information content (AvgIpc) is 2.72. The van der Waals surface area contributed by atoms with Crippen molar-refractivity contribution in [2.75, 3.05) is 0 Å². The summed E-state index contributed by atoms with van der Waals surface area (Å²) in [6.45, 7) is 3.95. The molecule has 4 nitrogen and oxygen atoms in total. The van der Waals surface area contributed by atoms with Gasteiger partial charge in [-0.25, -0.2) is 12.8 Å². The van der Waals surface area contributed by atoms with Gasteiger partial charge in [0.1, 0.15) is 5.82 Å². The number of benzene rings is 1. The Labute approximate surface area is 138 Å². The van der Waals surface area contributed by atoms with Crippen LogP contribution in [-0.4, -0.2) is 14.3 Å². The van der Waals surface area contributed by atoms with Crippen molar-refractivity contribution in [3.8, 4) is 0 Å². The number of hydrogen-bond donors (Lipinski definition) is 1. The standard InChI is InChI=1S/C15H19BrFNO3S/c1-15(2)7-3-4-11(15)14(19)18-22(20,21)9-10-5-6-12(16)13(17)8-10/h5-6,8,11H,3-4,7,9H2,1-2H3,(H,18,19)/t11-/m1/s1. The van der Waals surface area contributed by atoms with Crippen LogP contribution in [0, 0.1) is 17.2 Å². The SMILES string of the molecule is CC1(C)CCC[C@@H]1C(=O)NS(=O)(=O)Cc1ccc(Br)c(F)c1. The van der Waals surface area contributed by atoms with Gasteiger partial charge in [0.05, 0.1) is 10.2 Å². The van der Waals surface area contributed by atoms with Crippen LogP contribution >= 0.6 is 15.9 Å². The van der Waals surface area contributed by atoms with Gasteiger partial charge in [0.15, 0.2) is 0 Å². The van der Waals surface area contributed by atoms with Crippen LogP contribution in [0.1, 0.15) is 38.7 Å². The summed E-state index contributed by atoms with van der Waals surface area (Å²) >= 11 is 3.01. The van der Waals surface area contributed by atoms with Gasteiger partial charge in [0, 0.05) is 5.92 Å². The zero-order valence-corrected chi connectivity index (χ0v) is 14.9. The monoisotopic (exact) mass is 391 g/mol. The lowest BCUT2D eigenvalue weighted by atomic mass is 9.81. The van der Waals surface area contributed by atoms with Gasteiger partial charge in [-0.05, 0) is 51.9 Å². The molecule has 0 spiro atoms. The predicted octanol–water partition coefficient (Wildman–Crippen LogP) is 3.36. The average molecular weight is 392 g/mol. The van der Waals surface area contributed by atoms with Crippen LogP contribution < -0.4 is 4.72 Å². The first-order valence-corrected chi connectivity index (χ1v) is 9.53. The van der Waals surface area contributed by atoms with E-state index in [9.17, 15) is 17.6 Å². The molecule has 2 rings (SSSR count). The molecule has 1 fully saturated rings. The van der Waals surface area contributed by atoms with Gasteiger partial charge >= 0.3 is 0 Å². The highest BCUT2D eigenvalue weighted by molar-refractivity contribution is 9.10. The Balaban J connectivity index is 2.07. The van der Waals surface area contributed by atoms with E-state index in [2.05, 4.69) is 20.7 Å². The van der Waals surface area contributed by atoms with Gasteiger partial charge in [-0.3, -0.25) is 9.52 Å². The van der Waals surface area contributed by atoms with Gasteiger partial charge in [-0.15, -0.1) is 0 Å². The van der Waals surface area contributed by atoms with E-state index in [4.69, 9.17) is 0 Å². The van der Waals surface area contributed by atoms with E-state index < -0.39 is 27.5 Å². The number of halogens is 2. The fraction of sp³-hybridized carbons (Fsp3) is 0.533. The highest BCUT2D eigenvalue weighted by atomic mass is 79.9. The molecule has 0 bridgehead atoms. The normalized spacial score (nSPS) is 20.8. The second-order valence-corrected chi connectivity index (χ2v) is 8.98. The minimum atomic E-state index is -3.83. The lowest BCUT2D eigenvalue weighted by Gasteiger charge is -2.25. The summed E-state index contributed by atoms with van der Waals surface area (Å²) in [5, 5.41) is 0. The van der Waals surface area contributed by atoms with E-state index >= 15 is 0 Å². The second-order valence-electron chi connectivity index (χ2n) is 6.41. The van der Waals surface area contributed by atoms with E-state index in [1.165, 1.54) is 12.1 Å². The number of carbonyl (C=O) groups excluding carboxylic acids is 1. The minimum absolute atomic E-state index is 0.191. The third-order valence-electron chi connectivity index (χ3n) is 4.17. The first kappa shape index (κ1) is 17.4. The molecule has 0 unspecified atom stereocenters. The van der Waals surface area contributed by atoms with Crippen molar-refractivity contribution in [3.05, 3.63) is 34.1 Å². The van der Waals surface area contributed by atoms with Gasteiger partial charge in [-0.1, -0.05) is 26.3 Å². The highest BCUT2D eigenvalue weighted by Gasteiger charge is 2.40. The molecule has 1 aliphatic rings.